The quantitative estimate of drug-likeness (QED) is 0.635. The van der Waals surface area contributed by atoms with E-state index in [1.165, 1.54) is 6.08 Å². The molecule has 0 aliphatic rings. The van der Waals surface area contributed by atoms with Gasteiger partial charge in [0.15, 0.2) is 0 Å². The average Bonchev–Trinajstić information content (AvgIpc) is 3.01. The second-order valence-electron chi connectivity index (χ2n) is 5.20. The highest BCUT2D eigenvalue weighted by Crippen LogP contribution is 2.23. The number of carbonyl (C=O) groups is 1. The molecule has 0 fully saturated rings. The highest BCUT2D eigenvalue weighted by atomic mass is 35.5. The minimum Gasteiger partial charge on any atom is -0.323 e. The Balaban J connectivity index is 1.63. The molecule has 2 aromatic carbocycles. The number of aromatic nitrogens is 1. The largest absolute Gasteiger partial charge is 0.323 e. The van der Waals surface area contributed by atoms with Crippen LogP contribution in [-0.2, 0) is 4.79 Å². The summed E-state index contributed by atoms with van der Waals surface area (Å²) in [6, 6.07) is 14.9. The third-order valence-electron chi connectivity index (χ3n) is 3.36. The number of rotatable bonds is 4. The lowest BCUT2D eigenvalue weighted by molar-refractivity contribution is -0.111. The third-order valence-corrected chi connectivity index (χ3v) is 4.39. The van der Waals surface area contributed by atoms with Crippen LogP contribution in [0.3, 0.4) is 0 Å². The molecule has 0 aliphatic heterocycles. The molecule has 120 valence electrons. The predicted octanol–water partition coefficient (Wildman–Crippen LogP) is 5.42. The Labute approximate surface area is 149 Å². The topological polar surface area (TPSA) is 42.0 Å². The van der Waals surface area contributed by atoms with Crippen molar-refractivity contribution in [2.45, 2.75) is 6.92 Å². The number of thiazole rings is 1. The molecule has 0 bridgehead atoms. The number of anilines is 1. The Morgan fingerprint density at radius 3 is 2.46 bits per heavy atom. The summed E-state index contributed by atoms with van der Waals surface area (Å²) in [5.41, 5.74) is 3.66. The molecule has 1 N–H and O–H groups in total. The van der Waals surface area contributed by atoms with Gasteiger partial charge >= 0.3 is 0 Å². The lowest BCUT2D eigenvalue weighted by Gasteiger charge is -2.03. The fourth-order valence-corrected chi connectivity index (χ4v) is 2.90. The Bertz CT molecular complexity index is 867. The molecule has 0 unspecified atom stereocenters. The van der Waals surface area contributed by atoms with Crippen molar-refractivity contribution >= 4 is 40.6 Å². The van der Waals surface area contributed by atoms with Gasteiger partial charge in [0, 0.05) is 27.7 Å². The van der Waals surface area contributed by atoms with Crippen LogP contribution in [0.5, 0.6) is 0 Å². The van der Waals surface area contributed by atoms with Crippen LogP contribution in [0.25, 0.3) is 17.3 Å². The number of nitrogens with zero attached hydrogens (tertiary/aromatic N) is 1. The van der Waals surface area contributed by atoms with Gasteiger partial charge in [0.2, 0.25) is 5.91 Å². The first-order valence-electron chi connectivity index (χ1n) is 7.37. The van der Waals surface area contributed by atoms with Crippen LogP contribution in [0, 0.1) is 6.92 Å². The zero-order chi connectivity index (χ0) is 16.9. The van der Waals surface area contributed by atoms with Gasteiger partial charge in [-0.2, -0.15) is 0 Å². The molecule has 0 aliphatic carbocycles. The van der Waals surface area contributed by atoms with Crippen LogP contribution in [0.1, 0.15) is 10.6 Å². The van der Waals surface area contributed by atoms with Crippen LogP contribution in [0.4, 0.5) is 5.69 Å². The van der Waals surface area contributed by atoms with E-state index in [-0.39, 0.29) is 5.91 Å². The van der Waals surface area contributed by atoms with E-state index in [4.69, 9.17) is 11.6 Å². The monoisotopic (exact) mass is 354 g/mol. The van der Waals surface area contributed by atoms with Crippen molar-refractivity contribution in [3.05, 3.63) is 75.6 Å². The van der Waals surface area contributed by atoms with E-state index in [0.29, 0.717) is 5.02 Å². The van der Waals surface area contributed by atoms with Gasteiger partial charge < -0.3 is 5.32 Å². The number of hydrogen-bond acceptors (Lipinski definition) is 3. The van der Waals surface area contributed by atoms with E-state index >= 15 is 0 Å². The van der Waals surface area contributed by atoms with Gasteiger partial charge in [-0.3, -0.25) is 4.79 Å². The van der Waals surface area contributed by atoms with Crippen molar-refractivity contribution in [1.29, 1.82) is 0 Å². The van der Waals surface area contributed by atoms with Crippen molar-refractivity contribution in [2.24, 2.45) is 0 Å². The number of carbonyl (C=O) groups excluding carboxylic acids is 1. The summed E-state index contributed by atoms with van der Waals surface area (Å²) < 4.78 is 0. The molecule has 1 aromatic heterocycles. The van der Waals surface area contributed by atoms with E-state index in [0.717, 1.165) is 27.5 Å². The molecule has 3 aromatic rings. The zero-order valence-electron chi connectivity index (χ0n) is 13.0. The summed E-state index contributed by atoms with van der Waals surface area (Å²) in [5.74, 6) is -0.179. The van der Waals surface area contributed by atoms with E-state index in [1.807, 2.05) is 48.7 Å². The smallest absolute Gasteiger partial charge is 0.248 e. The van der Waals surface area contributed by atoms with E-state index in [1.54, 1.807) is 29.5 Å². The molecule has 3 nitrogen and oxygen atoms in total. The van der Waals surface area contributed by atoms with Gasteiger partial charge in [0.1, 0.15) is 0 Å². The minimum atomic E-state index is -0.179. The molecule has 0 radical (unpaired) electrons. The van der Waals surface area contributed by atoms with Gasteiger partial charge in [0.25, 0.3) is 0 Å². The molecule has 1 amide bonds. The molecule has 24 heavy (non-hydrogen) atoms. The van der Waals surface area contributed by atoms with Gasteiger partial charge in [-0.25, -0.2) is 4.98 Å². The first-order valence-corrected chi connectivity index (χ1v) is 8.63. The number of aryl methyl sites for hydroxylation is 1. The number of nitrogens with one attached hydrogen (secondary N) is 1. The number of halogens is 1. The first kappa shape index (κ1) is 16.4. The maximum Gasteiger partial charge on any atom is 0.248 e. The number of benzene rings is 2. The SMILES string of the molecule is Cc1nc(-c2ccc(NC(=O)/C=C/c3ccc(Cl)cc3)cc2)cs1. The molecule has 0 atom stereocenters. The maximum absolute atomic E-state index is 12.0. The summed E-state index contributed by atoms with van der Waals surface area (Å²) in [4.78, 5) is 16.4. The standard InChI is InChI=1S/C19H15ClN2OS/c1-13-21-18(12-24-13)15-5-9-17(10-6-15)22-19(23)11-4-14-2-7-16(20)8-3-14/h2-12H,1H3,(H,22,23)/b11-4+. The van der Waals surface area contributed by atoms with Crippen LogP contribution in [0.15, 0.2) is 60.0 Å². The molecule has 5 heteroatoms. The average molecular weight is 355 g/mol. The van der Waals surface area contributed by atoms with E-state index in [2.05, 4.69) is 10.3 Å². The lowest BCUT2D eigenvalue weighted by Crippen LogP contribution is -2.07. The number of hydrogen-bond donors (Lipinski definition) is 1. The second kappa shape index (κ2) is 7.43. The van der Waals surface area contributed by atoms with Crippen molar-refractivity contribution < 1.29 is 4.79 Å². The summed E-state index contributed by atoms with van der Waals surface area (Å²) in [6.45, 7) is 1.98. The van der Waals surface area contributed by atoms with Gasteiger partial charge in [-0.1, -0.05) is 35.9 Å². The molecular weight excluding hydrogens is 340 g/mol. The lowest BCUT2D eigenvalue weighted by atomic mass is 10.1. The molecule has 0 saturated heterocycles. The fraction of sp³-hybridized carbons (Fsp3) is 0.0526. The molecule has 3 rings (SSSR count). The highest BCUT2D eigenvalue weighted by molar-refractivity contribution is 7.09. The Hall–Kier alpha value is -2.43. The van der Waals surface area contributed by atoms with Gasteiger partial charge in [0.05, 0.1) is 10.7 Å². The maximum atomic E-state index is 12.0. The molecule has 1 heterocycles. The van der Waals surface area contributed by atoms with Crippen LogP contribution in [0.2, 0.25) is 5.02 Å². The summed E-state index contributed by atoms with van der Waals surface area (Å²) >= 11 is 7.45. The predicted molar refractivity (Wildman–Crippen MR) is 101 cm³/mol. The molecule has 0 spiro atoms. The summed E-state index contributed by atoms with van der Waals surface area (Å²) in [7, 11) is 0. The fourth-order valence-electron chi connectivity index (χ4n) is 2.15. The number of amides is 1. The normalized spacial score (nSPS) is 10.9. The van der Waals surface area contributed by atoms with Crippen LogP contribution >= 0.6 is 22.9 Å². The first-order chi connectivity index (χ1) is 11.6. The Kier molecular flexibility index (Phi) is 5.08. The van der Waals surface area contributed by atoms with Crippen LogP contribution in [-0.4, -0.2) is 10.9 Å². The third kappa shape index (κ3) is 4.31. The van der Waals surface area contributed by atoms with Crippen molar-refractivity contribution in [3.8, 4) is 11.3 Å². The second-order valence-corrected chi connectivity index (χ2v) is 6.70. The highest BCUT2D eigenvalue weighted by Gasteiger charge is 2.03. The molecular formula is C19H15ClN2OS. The van der Waals surface area contributed by atoms with E-state index < -0.39 is 0 Å². The van der Waals surface area contributed by atoms with Crippen LogP contribution < -0.4 is 5.32 Å². The van der Waals surface area contributed by atoms with E-state index in [9.17, 15) is 4.79 Å². The van der Waals surface area contributed by atoms with Gasteiger partial charge in [-0.15, -0.1) is 11.3 Å². The zero-order valence-corrected chi connectivity index (χ0v) is 14.6. The minimum absolute atomic E-state index is 0.179. The summed E-state index contributed by atoms with van der Waals surface area (Å²) in [5, 5.41) is 6.57. The van der Waals surface area contributed by atoms with Crippen molar-refractivity contribution in [1.82, 2.24) is 4.98 Å². The van der Waals surface area contributed by atoms with Crippen molar-refractivity contribution in [2.75, 3.05) is 5.32 Å². The van der Waals surface area contributed by atoms with Crippen molar-refractivity contribution in [3.63, 3.8) is 0 Å². The molecule has 0 saturated carbocycles. The Morgan fingerprint density at radius 1 is 1.12 bits per heavy atom. The Morgan fingerprint density at radius 2 is 1.83 bits per heavy atom. The van der Waals surface area contributed by atoms with Gasteiger partial charge in [-0.05, 0) is 42.8 Å². The summed E-state index contributed by atoms with van der Waals surface area (Å²) in [6.07, 6.45) is 3.25.